The number of rotatable bonds is 12. The fraction of sp³-hybridized carbons (Fsp3) is 0.429. The Kier molecular flexibility index (Phi) is 9.86. The maximum Gasteiger partial charge on any atom is 0.328 e. The summed E-state index contributed by atoms with van der Waals surface area (Å²) in [4.78, 5) is 52.1. The summed E-state index contributed by atoms with van der Waals surface area (Å²) in [6.45, 7) is 0.491. The number of carboxylic acids is 1. The predicted octanol–water partition coefficient (Wildman–Crippen LogP) is -2.12. The minimum atomic E-state index is -1.56. The number of aliphatic hydroxyl groups excluding tert-OH is 2. The third kappa shape index (κ3) is 6.93. The maximum absolute atomic E-state index is 13.1. The van der Waals surface area contributed by atoms with Gasteiger partial charge in [-0.25, -0.2) is 4.79 Å². The third-order valence-electron chi connectivity index (χ3n) is 5.17. The number of amides is 3. The van der Waals surface area contributed by atoms with E-state index in [2.05, 4.69) is 33.6 Å². The van der Waals surface area contributed by atoms with Crippen molar-refractivity contribution in [1.29, 1.82) is 0 Å². The van der Waals surface area contributed by atoms with Gasteiger partial charge in [-0.2, -0.15) is 12.6 Å². The second-order valence-electron chi connectivity index (χ2n) is 7.72. The number of aromatic nitrogens is 1. The number of para-hydroxylation sites is 1. The normalized spacial score (nSPS) is 15.6. The highest BCUT2D eigenvalue weighted by Gasteiger charge is 2.31. The topological polar surface area (TPSA) is 207 Å². The summed E-state index contributed by atoms with van der Waals surface area (Å²) in [5.74, 6) is -4.02. The molecule has 0 saturated heterocycles. The number of aliphatic carboxylic acids is 1. The van der Waals surface area contributed by atoms with Gasteiger partial charge in [0, 0.05) is 29.3 Å². The molecule has 1 aromatic heterocycles. The zero-order chi connectivity index (χ0) is 25.4. The molecule has 0 bridgehead atoms. The highest BCUT2D eigenvalue weighted by atomic mass is 32.1. The van der Waals surface area contributed by atoms with Crippen LogP contribution >= 0.6 is 12.6 Å². The molecule has 0 fully saturated rings. The van der Waals surface area contributed by atoms with E-state index >= 15 is 0 Å². The first-order chi connectivity index (χ1) is 16.1. The number of aliphatic hydroxyl groups is 2. The van der Waals surface area contributed by atoms with Crippen molar-refractivity contribution in [3.8, 4) is 0 Å². The molecule has 0 spiro atoms. The van der Waals surface area contributed by atoms with Crippen molar-refractivity contribution in [2.75, 3.05) is 12.4 Å². The SMILES string of the molecule is CC(O)C(N)C(=O)NC(Cc1c[nH]c2ccccc12)C(=O)NC(CS)C(=O)NC(CO)C(=O)O. The molecule has 9 N–H and O–H groups in total. The predicted molar refractivity (Wildman–Crippen MR) is 126 cm³/mol. The minimum Gasteiger partial charge on any atom is -0.480 e. The van der Waals surface area contributed by atoms with Gasteiger partial charge in [0.05, 0.1) is 12.7 Å². The molecule has 0 radical (unpaired) electrons. The van der Waals surface area contributed by atoms with E-state index in [1.165, 1.54) is 6.92 Å². The molecule has 13 heteroatoms. The van der Waals surface area contributed by atoms with Crippen molar-refractivity contribution in [3.63, 3.8) is 0 Å². The Morgan fingerprint density at radius 3 is 2.21 bits per heavy atom. The monoisotopic (exact) mass is 495 g/mol. The van der Waals surface area contributed by atoms with Crippen LogP contribution in [0.25, 0.3) is 10.9 Å². The number of fused-ring (bicyclic) bond motifs is 1. The van der Waals surface area contributed by atoms with Gasteiger partial charge < -0.3 is 42.0 Å². The van der Waals surface area contributed by atoms with Crippen molar-refractivity contribution < 1.29 is 34.5 Å². The number of nitrogens with one attached hydrogen (secondary N) is 4. The van der Waals surface area contributed by atoms with Crippen LogP contribution in [0.15, 0.2) is 30.5 Å². The third-order valence-corrected chi connectivity index (χ3v) is 5.53. The van der Waals surface area contributed by atoms with Gasteiger partial charge in [-0.15, -0.1) is 0 Å². The fourth-order valence-corrected chi connectivity index (χ4v) is 3.40. The molecule has 1 aromatic carbocycles. The van der Waals surface area contributed by atoms with Gasteiger partial charge in [0.25, 0.3) is 0 Å². The first-order valence-electron chi connectivity index (χ1n) is 10.4. The number of benzene rings is 1. The number of hydrogen-bond donors (Lipinski definition) is 9. The second kappa shape index (κ2) is 12.4. The van der Waals surface area contributed by atoms with Crippen molar-refractivity contribution >= 4 is 47.2 Å². The number of carboxylic acid groups (broad SMARTS) is 1. The first kappa shape index (κ1) is 27.1. The van der Waals surface area contributed by atoms with Crippen molar-refractivity contribution in [2.45, 2.75) is 43.6 Å². The summed E-state index contributed by atoms with van der Waals surface area (Å²) < 4.78 is 0. The second-order valence-corrected chi connectivity index (χ2v) is 8.08. The number of carbonyl (C=O) groups excluding carboxylic acids is 3. The minimum absolute atomic E-state index is 0.0312. The van der Waals surface area contributed by atoms with Crippen LogP contribution in [0.2, 0.25) is 0 Å². The quantitative estimate of drug-likeness (QED) is 0.148. The van der Waals surface area contributed by atoms with Crippen molar-refractivity contribution in [1.82, 2.24) is 20.9 Å². The van der Waals surface area contributed by atoms with Crippen LogP contribution in [0, 0.1) is 0 Å². The van der Waals surface area contributed by atoms with E-state index in [9.17, 15) is 24.3 Å². The lowest BCUT2D eigenvalue weighted by Gasteiger charge is -2.24. The molecule has 1 heterocycles. The van der Waals surface area contributed by atoms with E-state index in [4.69, 9.17) is 15.9 Å². The summed E-state index contributed by atoms with van der Waals surface area (Å²) in [5.41, 5.74) is 7.22. The lowest BCUT2D eigenvalue weighted by Crippen LogP contribution is -2.59. The lowest BCUT2D eigenvalue weighted by molar-refractivity contribution is -0.143. The van der Waals surface area contributed by atoms with Crippen LogP contribution < -0.4 is 21.7 Å². The standard InChI is InChI=1S/C21H29N5O7S/c1-10(28)17(22)20(31)24-14(6-11-7-23-13-5-3-2-4-12(11)13)18(29)26-16(9-34)19(30)25-15(8-27)21(32)33/h2-5,7,10,14-17,23,27-28,34H,6,8-9,22H2,1H3,(H,24,31)(H,25,30)(H,26,29)(H,32,33). The molecule has 34 heavy (non-hydrogen) atoms. The maximum atomic E-state index is 13.1. The average Bonchev–Trinajstić information content (AvgIpc) is 3.22. The van der Waals surface area contributed by atoms with E-state index in [1.807, 2.05) is 24.3 Å². The molecular formula is C21H29N5O7S. The summed E-state index contributed by atoms with van der Waals surface area (Å²) in [6.07, 6.45) is 0.551. The van der Waals surface area contributed by atoms with Gasteiger partial charge >= 0.3 is 5.97 Å². The van der Waals surface area contributed by atoms with Crippen molar-refractivity contribution in [2.24, 2.45) is 5.73 Å². The molecule has 0 aliphatic rings. The Morgan fingerprint density at radius 2 is 1.62 bits per heavy atom. The van der Waals surface area contributed by atoms with Gasteiger partial charge in [0.15, 0.2) is 0 Å². The van der Waals surface area contributed by atoms with Crippen LogP contribution in [0.1, 0.15) is 12.5 Å². The number of carbonyl (C=O) groups is 4. The van der Waals surface area contributed by atoms with Gasteiger partial charge in [-0.1, -0.05) is 18.2 Å². The smallest absolute Gasteiger partial charge is 0.328 e. The number of H-pyrrole nitrogens is 1. The van der Waals surface area contributed by atoms with Crippen LogP contribution in [0.5, 0.6) is 0 Å². The Bertz CT molecular complexity index is 1030. The number of aromatic amines is 1. The summed E-state index contributed by atoms with van der Waals surface area (Å²) in [7, 11) is 0. The zero-order valence-electron chi connectivity index (χ0n) is 18.4. The molecular weight excluding hydrogens is 466 g/mol. The number of hydrogen-bond acceptors (Lipinski definition) is 8. The van der Waals surface area contributed by atoms with Gasteiger partial charge in [0.1, 0.15) is 24.2 Å². The fourth-order valence-electron chi connectivity index (χ4n) is 3.14. The van der Waals surface area contributed by atoms with E-state index in [0.29, 0.717) is 5.56 Å². The van der Waals surface area contributed by atoms with E-state index in [1.54, 1.807) is 6.20 Å². The van der Waals surface area contributed by atoms with E-state index in [-0.39, 0.29) is 12.2 Å². The Labute approximate surface area is 200 Å². The molecule has 3 amide bonds. The van der Waals surface area contributed by atoms with Crippen LogP contribution in [0.4, 0.5) is 0 Å². The summed E-state index contributed by atoms with van der Waals surface area (Å²) >= 11 is 4.04. The zero-order valence-corrected chi connectivity index (χ0v) is 19.3. The lowest BCUT2D eigenvalue weighted by atomic mass is 10.0. The summed E-state index contributed by atoms with van der Waals surface area (Å²) in [6, 6.07) is 2.06. The molecule has 5 atom stereocenters. The van der Waals surface area contributed by atoms with Crippen LogP contribution in [-0.2, 0) is 25.6 Å². The number of nitrogens with two attached hydrogens (primary N) is 1. The van der Waals surface area contributed by atoms with Crippen LogP contribution in [-0.4, -0.2) is 86.6 Å². The van der Waals surface area contributed by atoms with Crippen molar-refractivity contribution in [3.05, 3.63) is 36.0 Å². The molecule has 0 aliphatic heterocycles. The van der Waals surface area contributed by atoms with Crippen LogP contribution in [0.3, 0.4) is 0 Å². The van der Waals surface area contributed by atoms with E-state index in [0.717, 1.165) is 10.9 Å². The molecule has 186 valence electrons. The van der Waals surface area contributed by atoms with E-state index < -0.39 is 60.6 Å². The molecule has 0 saturated carbocycles. The highest BCUT2D eigenvalue weighted by Crippen LogP contribution is 2.19. The molecule has 2 aromatic rings. The van der Waals surface area contributed by atoms with Gasteiger partial charge in [-0.05, 0) is 18.6 Å². The Hall–Kier alpha value is -3.13. The first-order valence-corrected chi connectivity index (χ1v) is 11.1. The highest BCUT2D eigenvalue weighted by molar-refractivity contribution is 7.80. The average molecular weight is 496 g/mol. The number of thiol groups is 1. The Balaban J connectivity index is 2.24. The summed E-state index contributed by atoms with van der Waals surface area (Å²) in [5, 5.41) is 35.6. The largest absolute Gasteiger partial charge is 0.480 e. The molecule has 12 nitrogen and oxygen atoms in total. The van der Waals surface area contributed by atoms with Gasteiger partial charge in [0.2, 0.25) is 17.7 Å². The molecule has 5 unspecified atom stereocenters. The molecule has 0 aliphatic carbocycles. The Morgan fingerprint density at radius 1 is 1.03 bits per heavy atom. The van der Waals surface area contributed by atoms with Gasteiger partial charge in [-0.3, -0.25) is 14.4 Å². The molecule has 2 rings (SSSR count).